The van der Waals surface area contributed by atoms with Gasteiger partial charge in [-0.2, -0.15) is 0 Å². The van der Waals surface area contributed by atoms with E-state index in [1.165, 1.54) is 6.20 Å². The minimum atomic E-state index is -0.798. The molecule has 2 N–H and O–H groups in total. The lowest BCUT2D eigenvalue weighted by atomic mass is 10.2. The van der Waals surface area contributed by atoms with Crippen molar-refractivity contribution >= 4 is 0 Å². The van der Waals surface area contributed by atoms with Crippen molar-refractivity contribution in [3.05, 3.63) is 30.1 Å². The highest BCUT2D eigenvalue weighted by molar-refractivity contribution is 5.11. The van der Waals surface area contributed by atoms with Crippen molar-refractivity contribution in [2.75, 3.05) is 6.61 Å². The first-order chi connectivity index (χ1) is 6.84. The van der Waals surface area contributed by atoms with Gasteiger partial charge in [-0.15, -0.1) is 0 Å². The molecule has 82 valence electrons. The molecule has 1 heterocycles. The summed E-state index contributed by atoms with van der Waals surface area (Å²) in [5.74, 6) is 0. The van der Waals surface area contributed by atoms with Crippen LogP contribution in [-0.4, -0.2) is 21.8 Å². The molecular weight excluding hydrogens is 178 g/mol. The lowest BCUT2D eigenvalue weighted by molar-refractivity contribution is 0.0953. The smallest absolute Gasteiger partial charge is 0.104 e. The van der Waals surface area contributed by atoms with Gasteiger partial charge < -0.3 is 10.2 Å². The van der Waals surface area contributed by atoms with Gasteiger partial charge in [0.15, 0.2) is 0 Å². The fourth-order valence-corrected chi connectivity index (χ4v) is 0.678. The third kappa shape index (κ3) is 6.57. The van der Waals surface area contributed by atoms with E-state index < -0.39 is 6.10 Å². The zero-order valence-electron chi connectivity index (χ0n) is 9.44. The van der Waals surface area contributed by atoms with Crippen LogP contribution in [0.1, 0.15) is 39.4 Å². The molecule has 0 fully saturated rings. The quantitative estimate of drug-likeness (QED) is 0.767. The fraction of sp³-hybridized carbons (Fsp3) is 0.545. The third-order valence-corrected chi connectivity index (χ3v) is 1.24. The molecule has 1 atom stereocenters. The van der Waals surface area contributed by atoms with E-state index in [4.69, 9.17) is 10.2 Å². The van der Waals surface area contributed by atoms with Gasteiger partial charge in [-0.3, -0.25) is 4.98 Å². The highest BCUT2D eigenvalue weighted by atomic mass is 16.3. The van der Waals surface area contributed by atoms with Crippen LogP contribution >= 0.6 is 0 Å². The van der Waals surface area contributed by atoms with Crippen LogP contribution in [0.4, 0.5) is 0 Å². The van der Waals surface area contributed by atoms with Gasteiger partial charge >= 0.3 is 0 Å². The molecule has 1 aromatic rings. The first kappa shape index (κ1) is 15.5. The second-order valence-electron chi connectivity index (χ2n) is 1.98. The van der Waals surface area contributed by atoms with E-state index in [0.29, 0.717) is 5.56 Å². The molecule has 0 radical (unpaired) electrons. The largest absolute Gasteiger partial charge is 0.393 e. The van der Waals surface area contributed by atoms with Crippen molar-refractivity contribution in [1.82, 2.24) is 4.98 Å². The normalized spacial score (nSPS) is 10.1. The molecule has 0 aliphatic rings. The van der Waals surface area contributed by atoms with Crippen molar-refractivity contribution in [3.8, 4) is 0 Å². The number of pyridine rings is 1. The molecule has 3 heteroatoms. The Morgan fingerprint density at radius 2 is 1.86 bits per heavy atom. The molecule has 0 aliphatic heterocycles. The maximum atomic E-state index is 9.04. The van der Waals surface area contributed by atoms with Crippen molar-refractivity contribution in [2.45, 2.75) is 33.8 Å². The topological polar surface area (TPSA) is 53.4 Å². The molecule has 0 aromatic carbocycles. The van der Waals surface area contributed by atoms with Crippen LogP contribution in [0.3, 0.4) is 0 Å². The Labute approximate surface area is 86.4 Å². The maximum absolute atomic E-state index is 9.04. The zero-order chi connectivity index (χ0) is 11.4. The monoisotopic (exact) mass is 199 g/mol. The highest BCUT2D eigenvalue weighted by Crippen LogP contribution is 2.08. The highest BCUT2D eigenvalue weighted by Gasteiger charge is 2.02. The molecular formula is C11H21NO2. The van der Waals surface area contributed by atoms with Crippen LogP contribution in [0.25, 0.3) is 0 Å². The average Bonchev–Trinajstić information content (AvgIpc) is 2.34. The summed E-state index contributed by atoms with van der Waals surface area (Å²) in [4.78, 5) is 3.78. The van der Waals surface area contributed by atoms with Crippen LogP contribution in [0, 0.1) is 0 Å². The first-order valence-electron chi connectivity index (χ1n) is 5.03. The van der Waals surface area contributed by atoms with Crippen LogP contribution in [0.2, 0.25) is 0 Å². The lowest BCUT2D eigenvalue weighted by Gasteiger charge is -2.04. The molecule has 0 spiro atoms. The molecule has 3 nitrogen and oxygen atoms in total. The molecule has 0 amide bonds. The van der Waals surface area contributed by atoms with E-state index in [1.54, 1.807) is 18.3 Å². The Balaban J connectivity index is 0. The number of aliphatic hydroxyl groups is 2. The van der Waals surface area contributed by atoms with E-state index >= 15 is 0 Å². The first-order valence-corrected chi connectivity index (χ1v) is 5.03. The van der Waals surface area contributed by atoms with Gasteiger partial charge in [-0.05, 0) is 6.07 Å². The number of nitrogens with zero attached hydrogens (tertiary/aromatic N) is 1. The minimum Gasteiger partial charge on any atom is -0.393 e. The number of rotatable bonds is 2. The third-order valence-electron chi connectivity index (χ3n) is 1.24. The van der Waals surface area contributed by atoms with E-state index in [1.807, 2.05) is 27.7 Å². The Morgan fingerprint density at radius 3 is 2.21 bits per heavy atom. The van der Waals surface area contributed by atoms with E-state index in [0.717, 1.165) is 0 Å². The zero-order valence-corrected chi connectivity index (χ0v) is 9.44. The second-order valence-corrected chi connectivity index (χ2v) is 1.98. The van der Waals surface area contributed by atoms with Crippen molar-refractivity contribution in [2.24, 2.45) is 0 Å². The average molecular weight is 199 g/mol. The molecule has 0 saturated heterocycles. The van der Waals surface area contributed by atoms with E-state index in [9.17, 15) is 0 Å². The minimum absolute atomic E-state index is 0.258. The SMILES string of the molecule is CC.CC.OCC(O)c1cccnc1. The van der Waals surface area contributed by atoms with E-state index in [-0.39, 0.29) is 6.61 Å². The molecule has 1 rings (SSSR count). The molecule has 14 heavy (non-hydrogen) atoms. The molecule has 0 saturated carbocycles. The number of hydrogen-bond acceptors (Lipinski definition) is 3. The van der Waals surface area contributed by atoms with Gasteiger partial charge in [0, 0.05) is 18.0 Å². The van der Waals surface area contributed by atoms with Gasteiger partial charge in [-0.1, -0.05) is 33.8 Å². The molecule has 0 aliphatic carbocycles. The Morgan fingerprint density at radius 1 is 1.29 bits per heavy atom. The molecule has 1 aromatic heterocycles. The predicted molar refractivity (Wildman–Crippen MR) is 59.0 cm³/mol. The maximum Gasteiger partial charge on any atom is 0.104 e. The van der Waals surface area contributed by atoms with Crippen LogP contribution < -0.4 is 0 Å². The Bertz CT molecular complexity index is 190. The Hall–Kier alpha value is -0.930. The van der Waals surface area contributed by atoms with Gasteiger partial charge in [0.05, 0.1) is 6.61 Å². The van der Waals surface area contributed by atoms with Gasteiger partial charge in [0.1, 0.15) is 6.10 Å². The summed E-state index contributed by atoms with van der Waals surface area (Å²) in [7, 11) is 0. The van der Waals surface area contributed by atoms with Crippen LogP contribution in [0.15, 0.2) is 24.5 Å². The van der Waals surface area contributed by atoms with E-state index in [2.05, 4.69) is 4.98 Å². The lowest BCUT2D eigenvalue weighted by Crippen LogP contribution is -2.01. The standard InChI is InChI=1S/C7H9NO2.2C2H6/c9-5-7(10)6-2-1-3-8-4-6;2*1-2/h1-4,7,9-10H,5H2;2*1-2H3. The van der Waals surface area contributed by atoms with Crippen molar-refractivity contribution < 1.29 is 10.2 Å². The summed E-state index contributed by atoms with van der Waals surface area (Å²) in [6.07, 6.45) is 2.35. The summed E-state index contributed by atoms with van der Waals surface area (Å²) in [5, 5.41) is 17.5. The fourth-order valence-electron chi connectivity index (χ4n) is 0.678. The number of aliphatic hydroxyl groups excluding tert-OH is 2. The van der Waals surface area contributed by atoms with Crippen LogP contribution in [0.5, 0.6) is 0 Å². The summed E-state index contributed by atoms with van der Waals surface area (Å²) in [6, 6.07) is 3.43. The van der Waals surface area contributed by atoms with Gasteiger partial charge in [0.25, 0.3) is 0 Å². The summed E-state index contributed by atoms with van der Waals surface area (Å²) >= 11 is 0. The second kappa shape index (κ2) is 12.1. The summed E-state index contributed by atoms with van der Waals surface area (Å²) in [5.41, 5.74) is 0.644. The van der Waals surface area contributed by atoms with Crippen LogP contribution in [-0.2, 0) is 0 Å². The summed E-state index contributed by atoms with van der Waals surface area (Å²) < 4.78 is 0. The predicted octanol–water partition coefficient (Wildman–Crippen LogP) is 2.16. The number of aromatic nitrogens is 1. The number of hydrogen-bond donors (Lipinski definition) is 2. The van der Waals surface area contributed by atoms with Crippen molar-refractivity contribution in [3.63, 3.8) is 0 Å². The van der Waals surface area contributed by atoms with Gasteiger partial charge in [-0.25, -0.2) is 0 Å². The molecule has 0 bridgehead atoms. The van der Waals surface area contributed by atoms with Gasteiger partial charge in [0.2, 0.25) is 0 Å². The van der Waals surface area contributed by atoms with Crippen molar-refractivity contribution in [1.29, 1.82) is 0 Å². The Kier molecular flexibility index (Phi) is 13.4. The summed E-state index contributed by atoms with van der Waals surface area (Å²) in [6.45, 7) is 7.74. The molecule has 1 unspecified atom stereocenters.